The number of benzene rings is 3. The maximum atomic E-state index is 13.6. The van der Waals surface area contributed by atoms with Gasteiger partial charge >= 0.3 is 0 Å². The summed E-state index contributed by atoms with van der Waals surface area (Å²) >= 11 is 0. The molecule has 1 aliphatic heterocycles. The zero-order valence-corrected chi connectivity index (χ0v) is 21.6. The highest BCUT2D eigenvalue weighted by Gasteiger charge is 2.31. The maximum absolute atomic E-state index is 13.6. The Kier molecular flexibility index (Phi) is 8.40. The number of methoxy groups -OCH3 is 1. The van der Waals surface area contributed by atoms with Crippen molar-refractivity contribution in [3.63, 3.8) is 0 Å². The van der Waals surface area contributed by atoms with E-state index in [4.69, 9.17) is 4.74 Å². The number of piperazine rings is 1. The third-order valence-corrected chi connectivity index (χ3v) is 7.96. The average Bonchev–Trinajstić information content (AvgIpc) is 2.89. The summed E-state index contributed by atoms with van der Waals surface area (Å²) < 4.78 is 34.5. The van der Waals surface area contributed by atoms with Crippen molar-refractivity contribution in [2.75, 3.05) is 33.3 Å². The predicted octanol–water partition coefficient (Wildman–Crippen LogP) is 3.24. The molecule has 1 N–H and O–H groups in total. The summed E-state index contributed by atoms with van der Waals surface area (Å²) in [5, 5.41) is 0. The number of hydrogen-bond donors (Lipinski definition) is 1. The van der Waals surface area contributed by atoms with E-state index >= 15 is 0 Å². The Labute approximate surface area is 213 Å². The highest BCUT2D eigenvalue weighted by molar-refractivity contribution is 7.89. The van der Waals surface area contributed by atoms with E-state index in [9.17, 15) is 13.2 Å². The van der Waals surface area contributed by atoms with Crippen LogP contribution in [0.25, 0.3) is 0 Å². The number of nitrogens with one attached hydrogen (secondary N) is 1. The van der Waals surface area contributed by atoms with Gasteiger partial charge < -0.3 is 9.64 Å². The van der Waals surface area contributed by atoms with Crippen molar-refractivity contribution >= 4 is 15.9 Å². The van der Waals surface area contributed by atoms with E-state index in [0.29, 0.717) is 24.4 Å². The van der Waals surface area contributed by atoms with E-state index in [1.807, 2.05) is 48.5 Å². The largest absolute Gasteiger partial charge is 0.496 e. The van der Waals surface area contributed by atoms with Crippen LogP contribution in [0.5, 0.6) is 5.75 Å². The van der Waals surface area contributed by atoms with Gasteiger partial charge in [-0.15, -0.1) is 0 Å². The summed E-state index contributed by atoms with van der Waals surface area (Å²) in [7, 11) is -2.38. The van der Waals surface area contributed by atoms with E-state index in [1.165, 1.54) is 11.6 Å². The first-order valence-electron chi connectivity index (χ1n) is 12.1. The van der Waals surface area contributed by atoms with Crippen LogP contribution in [0, 0.1) is 6.92 Å². The van der Waals surface area contributed by atoms with Crippen molar-refractivity contribution in [1.82, 2.24) is 14.5 Å². The first kappa shape index (κ1) is 25.9. The van der Waals surface area contributed by atoms with Crippen LogP contribution in [0.3, 0.4) is 0 Å². The fourth-order valence-corrected chi connectivity index (χ4v) is 5.76. The molecule has 0 saturated carbocycles. The number of ether oxygens (including phenoxy) is 1. The number of rotatable bonds is 9. The van der Waals surface area contributed by atoms with Crippen molar-refractivity contribution in [2.45, 2.75) is 30.8 Å². The van der Waals surface area contributed by atoms with Gasteiger partial charge in [0.25, 0.3) is 0 Å². The molecule has 36 heavy (non-hydrogen) atoms. The SMILES string of the molecule is COc1ccc(S(=O)(=O)N[C@@H](Cc2ccccc2)C(=O)N2CCN(Cc3ccccc3)CC2)cc1C. The molecule has 1 aliphatic rings. The van der Waals surface area contributed by atoms with Gasteiger partial charge in [-0.25, -0.2) is 8.42 Å². The topological polar surface area (TPSA) is 78.9 Å². The van der Waals surface area contributed by atoms with E-state index in [-0.39, 0.29) is 17.2 Å². The summed E-state index contributed by atoms with van der Waals surface area (Å²) in [6.07, 6.45) is 0.276. The molecule has 1 saturated heterocycles. The minimum Gasteiger partial charge on any atom is -0.496 e. The number of hydrogen-bond acceptors (Lipinski definition) is 5. The second-order valence-electron chi connectivity index (χ2n) is 9.08. The number of carbonyl (C=O) groups is 1. The zero-order chi connectivity index (χ0) is 25.5. The van der Waals surface area contributed by atoms with Crippen molar-refractivity contribution < 1.29 is 17.9 Å². The molecule has 7 nitrogen and oxygen atoms in total. The molecule has 1 fully saturated rings. The molecule has 1 amide bonds. The fourth-order valence-electron chi connectivity index (χ4n) is 4.49. The molecule has 3 aromatic carbocycles. The zero-order valence-electron chi connectivity index (χ0n) is 20.8. The fraction of sp³-hybridized carbons (Fsp3) is 0.321. The molecule has 4 rings (SSSR count). The molecular formula is C28H33N3O4S. The van der Waals surface area contributed by atoms with Gasteiger partial charge in [-0.2, -0.15) is 4.72 Å². The monoisotopic (exact) mass is 507 g/mol. The number of carbonyl (C=O) groups excluding carboxylic acids is 1. The average molecular weight is 508 g/mol. The smallest absolute Gasteiger partial charge is 0.241 e. The molecule has 3 aromatic rings. The Hall–Kier alpha value is -3.20. The van der Waals surface area contributed by atoms with Crippen molar-refractivity contribution in [3.8, 4) is 5.75 Å². The molecule has 0 aliphatic carbocycles. The van der Waals surface area contributed by atoms with Crippen LogP contribution in [0.15, 0.2) is 83.8 Å². The third-order valence-electron chi connectivity index (χ3n) is 6.49. The van der Waals surface area contributed by atoms with E-state index in [0.717, 1.165) is 25.2 Å². The summed E-state index contributed by atoms with van der Waals surface area (Å²) in [6, 6.07) is 23.5. The number of sulfonamides is 1. The van der Waals surface area contributed by atoms with Crippen LogP contribution >= 0.6 is 0 Å². The maximum Gasteiger partial charge on any atom is 0.241 e. The Morgan fingerprint density at radius 1 is 0.917 bits per heavy atom. The number of nitrogens with zero attached hydrogens (tertiary/aromatic N) is 2. The van der Waals surface area contributed by atoms with Crippen LogP contribution in [-0.2, 0) is 27.8 Å². The lowest BCUT2D eigenvalue weighted by Crippen LogP contribution is -2.55. The molecule has 0 radical (unpaired) electrons. The molecular weight excluding hydrogens is 474 g/mol. The Bertz CT molecular complexity index is 1260. The second kappa shape index (κ2) is 11.7. The third kappa shape index (κ3) is 6.51. The second-order valence-corrected chi connectivity index (χ2v) is 10.8. The standard InChI is InChI=1S/C28H33N3O4S/c1-22-19-25(13-14-27(22)35-2)36(33,34)29-26(20-23-9-5-3-6-10-23)28(32)31-17-15-30(16-18-31)21-24-11-7-4-8-12-24/h3-14,19,26,29H,15-18,20-21H2,1-2H3/t26-/m0/s1. The molecule has 190 valence electrons. The highest BCUT2D eigenvalue weighted by atomic mass is 32.2. The van der Waals surface area contributed by atoms with Gasteiger partial charge in [0.05, 0.1) is 12.0 Å². The van der Waals surface area contributed by atoms with Gasteiger partial charge in [0.2, 0.25) is 15.9 Å². The van der Waals surface area contributed by atoms with E-state index < -0.39 is 16.1 Å². The predicted molar refractivity (Wildman–Crippen MR) is 140 cm³/mol. The summed E-state index contributed by atoms with van der Waals surface area (Å²) in [5.41, 5.74) is 2.84. The molecule has 1 heterocycles. The molecule has 1 atom stereocenters. The van der Waals surface area contributed by atoms with Crippen LogP contribution in [0.4, 0.5) is 0 Å². The van der Waals surface area contributed by atoms with Crippen LogP contribution < -0.4 is 9.46 Å². The summed E-state index contributed by atoms with van der Waals surface area (Å²) in [4.78, 5) is 17.8. The van der Waals surface area contributed by atoms with Gasteiger partial charge in [-0.05, 0) is 48.2 Å². The van der Waals surface area contributed by atoms with Crippen molar-refractivity contribution in [2.24, 2.45) is 0 Å². The minimum absolute atomic E-state index is 0.111. The number of amides is 1. The first-order chi connectivity index (χ1) is 17.4. The summed E-state index contributed by atoms with van der Waals surface area (Å²) in [5.74, 6) is 0.409. The summed E-state index contributed by atoms with van der Waals surface area (Å²) in [6.45, 7) is 5.21. The van der Waals surface area contributed by atoms with E-state index in [1.54, 1.807) is 31.1 Å². The lowest BCUT2D eigenvalue weighted by atomic mass is 10.1. The molecule has 0 spiro atoms. The Morgan fingerprint density at radius 3 is 2.11 bits per heavy atom. The Morgan fingerprint density at radius 2 is 1.53 bits per heavy atom. The molecule has 0 unspecified atom stereocenters. The van der Waals surface area contributed by atoms with Crippen molar-refractivity contribution in [1.29, 1.82) is 0 Å². The lowest BCUT2D eigenvalue weighted by molar-refractivity contribution is -0.134. The van der Waals surface area contributed by atoms with Gasteiger partial charge in [0, 0.05) is 32.7 Å². The quantitative estimate of drug-likeness (QED) is 0.481. The van der Waals surface area contributed by atoms with Gasteiger partial charge in [0.1, 0.15) is 11.8 Å². The van der Waals surface area contributed by atoms with Gasteiger partial charge in [0.15, 0.2) is 0 Å². The molecule has 8 heteroatoms. The Balaban J connectivity index is 1.48. The first-order valence-corrected chi connectivity index (χ1v) is 13.6. The number of aryl methyl sites for hydroxylation is 1. The molecule has 0 bridgehead atoms. The van der Waals surface area contributed by atoms with Crippen LogP contribution in [0.2, 0.25) is 0 Å². The van der Waals surface area contributed by atoms with Gasteiger partial charge in [-0.3, -0.25) is 9.69 Å². The highest BCUT2D eigenvalue weighted by Crippen LogP contribution is 2.22. The minimum atomic E-state index is -3.93. The lowest BCUT2D eigenvalue weighted by Gasteiger charge is -2.36. The normalized spacial score (nSPS) is 15.4. The van der Waals surface area contributed by atoms with Crippen LogP contribution in [-0.4, -0.2) is 63.5 Å². The van der Waals surface area contributed by atoms with E-state index in [2.05, 4.69) is 21.8 Å². The molecule has 0 aromatic heterocycles. The van der Waals surface area contributed by atoms with Crippen LogP contribution in [0.1, 0.15) is 16.7 Å². The van der Waals surface area contributed by atoms with Gasteiger partial charge in [-0.1, -0.05) is 60.7 Å². The van der Waals surface area contributed by atoms with Crippen molar-refractivity contribution in [3.05, 3.63) is 95.6 Å².